The van der Waals surface area contributed by atoms with Gasteiger partial charge in [-0.05, 0) is 49.7 Å². The third-order valence-electron chi connectivity index (χ3n) is 3.19. The van der Waals surface area contributed by atoms with Gasteiger partial charge in [-0.15, -0.1) is 11.3 Å². The van der Waals surface area contributed by atoms with Gasteiger partial charge in [0.1, 0.15) is 4.90 Å². The maximum absolute atomic E-state index is 12.9. The molecule has 5 nitrogen and oxygen atoms in total. The predicted octanol–water partition coefficient (Wildman–Crippen LogP) is 2.55. The van der Waals surface area contributed by atoms with Crippen molar-refractivity contribution in [2.45, 2.75) is 50.3 Å². The molecule has 0 radical (unpaired) electrons. The van der Waals surface area contributed by atoms with E-state index in [0.717, 1.165) is 4.88 Å². The molecule has 1 aliphatic heterocycles. The number of nitrogens with zero attached hydrogens (tertiary/aromatic N) is 1. The molecule has 0 aromatic carbocycles. The second-order valence-electron chi connectivity index (χ2n) is 6.45. The van der Waals surface area contributed by atoms with Crippen molar-refractivity contribution >= 4 is 37.3 Å². The van der Waals surface area contributed by atoms with Crippen molar-refractivity contribution in [3.63, 3.8) is 0 Å². The molecule has 8 heteroatoms. The van der Waals surface area contributed by atoms with E-state index in [0.29, 0.717) is 28.3 Å². The van der Waals surface area contributed by atoms with Gasteiger partial charge in [0.05, 0.1) is 15.0 Å². The lowest BCUT2D eigenvalue weighted by atomic mass is 10.0. The van der Waals surface area contributed by atoms with Gasteiger partial charge in [0.2, 0.25) is 10.0 Å². The van der Waals surface area contributed by atoms with Gasteiger partial charge in [-0.3, -0.25) is 0 Å². The standard InChI is InChI=1S/C13H21BrN2O3S2/c1-12(2)7-16(8-13(3,4)19-12)21(17,18)10-5-9(6-15)20-11(10)14/h5H,6-8,15H2,1-4H3. The zero-order chi connectivity index (χ0) is 16.1. The maximum Gasteiger partial charge on any atom is 0.245 e. The minimum absolute atomic E-state index is 0.293. The highest BCUT2D eigenvalue weighted by atomic mass is 79.9. The highest BCUT2D eigenvalue weighted by Crippen LogP contribution is 2.37. The van der Waals surface area contributed by atoms with E-state index in [1.807, 2.05) is 27.7 Å². The lowest BCUT2D eigenvalue weighted by Gasteiger charge is -2.46. The van der Waals surface area contributed by atoms with E-state index < -0.39 is 21.2 Å². The first-order chi connectivity index (χ1) is 9.47. The fraction of sp³-hybridized carbons (Fsp3) is 0.692. The molecule has 1 aromatic heterocycles. The van der Waals surface area contributed by atoms with E-state index in [-0.39, 0.29) is 0 Å². The predicted molar refractivity (Wildman–Crippen MR) is 87.9 cm³/mol. The SMILES string of the molecule is CC1(C)CN(S(=O)(=O)c2cc(CN)sc2Br)CC(C)(C)O1. The average molecular weight is 397 g/mol. The van der Waals surface area contributed by atoms with E-state index in [9.17, 15) is 8.42 Å². The fourth-order valence-corrected chi connectivity index (χ4v) is 6.95. The number of rotatable bonds is 3. The van der Waals surface area contributed by atoms with Gasteiger partial charge in [0.15, 0.2) is 0 Å². The summed E-state index contributed by atoms with van der Waals surface area (Å²) in [5, 5.41) is 0. The molecular formula is C13H21BrN2O3S2. The van der Waals surface area contributed by atoms with Crippen LogP contribution < -0.4 is 5.73 Å². The summed E-state index contributed by atoms with van der Waals surface area (Å²) in [7, 11) is -3.56. The second kappa shape index (κ2) is 5.58. The number of hydrogen-bond acceptors (Lipinski definition) is 5. The van der Waals surface area contributed by atoms with Crippen LogP contribution in [0.25, 0.3) is 0 Å². The molecule has 0 unspecified atom stereocenters. The number of nitrogens with two attached hydrogens (primary N) is 1. The van der Waals surface area contributed by atoms with Gasteiger partial charge in [0, 0.05) is 24.5 Å². The van der Waals surface area contributed by atoms with E-state index in [1.54, 1.807) is 6.07 Å². The fourth-order valence-electron chi connectivity index (χ4n) is 2.70. The normalized spacial score (nSPS) is 22.4. The molecule has 120 valence electrons. The highest BCUT2D eigenvalue weighted by Gasteiger charge is 2.43. The van der Waals surface area contributed by atoms with Crippen molar-refractivity contribution in [1.82, 2.24) is 4.31 Å². The van der Waals surface area contributed by atoms with Gasteiger partial charge >= 0.3 is 0 Å². The Kier molecular flexibility index (Phi) is 4.61. The zero-order valence-electron chi connectivity index (χ0n) is 12.6. The molecule has 0 saturated carbocycles. The number of morpholine rings is 1. The molecule has 0 amide bonds. The van der Waals surface area contributed by atoms with Gasteiger partial charge in [0.25, 0.3) is 0 Å². The Labute approximate surface area is 138 Å². The molecule has 0 bridgehead atoms. The van der Waals surface area contributed by atoms with Crippen LogP contribution in [0, 0.1) is 0 Å². The van der Waals surface area contributed by atoms with Crippen molar-refractivity contribution in [2.24, 2.45) is 5.73 Å². The molecule has 2 N–H and O–H groups in total. The summed E-state index contributed by atoms with van der Waals surface area (Å²) < 4.78 is 33.9. The van der Waals surface area contributed by atoms with Crippen molar-refractivity contribution < 1.29 is 13.2 Å². The van der Waals surface area contributed by atoms with Crippen LogP contribution in [-0.2, 0) is 21.3 Å². The summed E-state index contributed by atoms with van der Waals surface area (Å²) >= 11 is 4.70. The lowest BCUT2D eigenvalue weighted by molar-refractivity contribution is -0.163. The molecule has 1 fully saturated rings. The number of sulfonamides is 1. The van der Waals surface area contributed by atoms with Crippen LogP contribution in [0.4, 0.5) is 0 Å². The van der Waals surface area contributed by atoms with Crippen molar-refractivity contribution in [1.29, 1.82) is 0 Å². The third kappa shape index (κ3) is 3.68. The Bertz CT molecular complexity index is 622. The number of ether oxygens (including phenoxy) is 1. The minimum atomic E-state index is -3.56. The third-order valence-corrected chi connectivity index (χ3v) is 7.26. The molecule has 0 atom stereocenters. The Morgan fingerprint density at radius 1 is 1.33 bits per heavy atom. The second-order valence-corrected chi connectivity index (χ2v) is 10.8. The first kappa shape index (κ1) is 17.4. The Hall–Kier alpha value is 0.01000. The highest BCUT2D eigenvalue weighted by molar-refractivity contribution is 9.11. The van der Waals surface area contributed by atoms with Crippen LogP contribution in [-0.4, -0.2) is 37.0 Å². The van der Waals surface area contributed by atoms with Crippen LogP contribution in [0.1, 0.15) is 32.6 Å². The first-order valence-corrected chi connectivity index (χ1v) is 9.70. The van der Waals surface area contributed by atoms with Crippen LogP contribution in [0.15, 0.2) is 14.7 Å². The molecule has 21 heavy (non-hydrogen) atoms. The summed E-state index contributed by atoms with van der Waals surface area (Å²) in [5.74, 6) is 0. The molecule has 2 heterocycles. The van der Waals surface area contributed by atoms with Crippen molar-refractivity contribution in [2.75, 3.05) is 13.1 Å². The monoisotopic (exact) mass is 396 g/mol. The molecule has 1 aromatic rings. The molecular weight excluding hydrogens is 376 g/mol. The van der Waals surface area contributed by atoms with Crippen molar-refractivity contribution in [3.8, 4) is 0 Å². The van der Waals surface area contributed by atoms with Crippen LogP contribution >= 0.6 is 27.3 Å². The summed E-state index contributed by atoms with van der Waals surface area (Å²) in [6.45, 7) is 8.63. The molecule has 1 aliphatic rings. The molecule has 1 saturated heterocycles. The van der Waals surface area contributed by atoms with Gasteiger partial charge in [-0.2, -0.15) is 4.31 Å². The van der Waals surface area contributed by atoms with Crippen molar-refractivity contribution in [3.05, 3.63) is 14.7 Å². The minimum Gasteiger partial charge on any atom is -0.367 e. The molecule has 2 rings (SSSR count). The first-order valence-electron chi connectivity index (χ1n) is 6.65. The molecule has 0 aliphatic carbocycles. The summed E-state index contributed by atoms with van der Waals surface area (Å²) in [6, 6.07) is 1.65. The maximum atomic E-state index is 12.9. The number of hydrogen-bond donors (Lipinski definition) is 1. The molecule has 0 spiro atoms. The van der Waals surface area contributed by atoms with E-state index in [1.165, 1.54) is 15.6 Å². The summed E-state index contributed by atoms with van der Waals surface area (Å²) in [4.78, 5) is 1.13. The Morgan fingerprint density at radius 2 is 1.86 bits per heavy atom. The largest absolute Gasteiger partial charge is 0.367 e. The average Bonchev–Trinajstić information content (AvgIpc) is 2.67. The Balaban J connectivity index is 2.41. The van der Waals surface area contributed by atoms with E-state index in [4.69, 9.17) is 10.5 Å². The number of halogens is 1. The lowest BCUT2D eigenvalue weighted by Crippen LogP contribution is -2.58. The zero-order valence-corrected chi connectivity index (χ0v) is 15.9. The van der Waals surface area contributed by atoms with Crippen LogP contribution in [0.5, 0.6) is 0 Å². The summed E-state index contributed by atoms with van der Waals surface area (Å²) in [6.07, 6.45) is 0. The topological polar surface area (TPSA) is 72.6 Å². The quantitative estimate of drug-likeness (QED) is 0.851. The van der Waals surface area contributed by atoms with Crippen LogP contribution in [0.3, 0.4) is 0 Å². The van der Waals surface area contributed by atoms with E-state index in [2.05, 4.69) is 15.9 Å². The smallest absolute Gasteiger partial charge is 0.245 e. The van der Waals surface area contributed by atoms with E-state index >= 15 is 0 Å². The van der Waals surface area contributed by atoms with Gasteiger partial charge in [-0.1, -0.05) is 0 Å². The summed E-state index contributed by atoms with van der Waals surface area (Å²) in [5.41, 5.74) is 4.56. The van der Waals surface area contributed by atoms with Gasteiger partial charge in [-0.25, -0.2) is 8.42 Å². The van der Waals surface area contributed by atoms with Gasteiger partial charge < -0.3 is 10.5 Å². The Morgan fingerprint density at radius 3 is 2.29 bits per heavy atom. The van der Waals surface area contributed by atoms with Crippen LogP contribution in [0.2, 0.25) is 0 Å². The number of thiophene rings is 1.